The second-order valence-corrected chi connectivity index (χ2v) is 12.4. The van der Waals surface area contributed by atoms with Gasteiger partial charge < -0.3 is 9.47 Å². The van der Waals surface area contributed by atoms with Crippen LogP contribution < -0.4 is 0 Å². The molecule has 4 nitrogen and oxygen atoms in total. The van der Waals surface area contributed by atoms with Crippen LogP contribution in [0.4, 0.5) is 0 Å². The van der Waals surface area contributed by atoms with Crippen molar-refractivity contribution in [3.05, 3.63) is 0 Å². The van der Waals surface area contributed by atoms with Crippen molar-refractivity contribution in [1.82, 2.24) is 0 Å². The predicted molar refractivity (Wildman–Crippen MR) is 119 cm³/mol. The first kappa shape index (κ1) is 23.6. The lowest BCUT2D eigenvalue weighted by atomic mass is 9.57. The van der Waals surface area contributed by atoms with Crippen molar-refractivity contribution in [2.75, 3.05) is 6.61 Å². The van der Waals surface area contributed by atoms with E-state index in [2.05, 4.69) is 48.5 Å². The normalized spacial score (nSPS) is 33.0. The van der Waals surface area contributed by atoms with Crippen LogP contribution in [0.2, 0.25) is 0 Å². The quantitative estimate of drug-likeness (QED) is 0.482. The lowest BCUT2D eigenvalue weighted by Crippen LogP contribution is -2.44. The van der Waals surface area contributed by atoms with Gasteiger partial charge in [0.2, 0.25) is 0 Å². The Morgan fingerprint density at radius 1 is 0.933 bits per heavy atom. The first-order valence-electron chi connectivity index (χ1n) is 12.3. The van der Waals surface area contributed by atoms with Crippen molar-refractivity contribution in [2.24, 2.45) is 40.4 Å². The fourth-order valence-corrected chi connectivity index (χ4v) is 7.24. The molecule has 3 aliphatic carbocycles. The maximum atomic E-state index is 12.9. The fraction of sp³-hybridized carbons (Fsp3) is 0.923. The van der Waals surface area contributed by atoms with Gasteiger partial charge >= 0.3 is 11.9 Å². The summed E-state index contributed by atoms with van der Waals surface area (Å²) in [6.07, 6.45) is 7.31. The third-order valence-corrected chi connectivity index (χ3v) is 8.35. The molecular weight excluding hydrogens is 376 g/mol. The van der Waals surface area contributed by atoms with Gasteiger partial charge in [-0.05, 0) is 79.4 Å². The molecule has 0 aliphatic heterocycles. The second-order valence-electron chi connectivity index (χ2n) is 12.4. The predicted octanol–water partition coefficient (Wildman–Crippen LogP) is 6.17. The van der Waals surface area contributed by atoms with Crippen LogP contribution in [0.3, 0.4) is 0 Å². The zero-order valence-electron chi connectivity index (χ0n) is 20.4. The highest BCUT2D eigenvalue weighted by molar-refractivity contribution is 5.75. The van der Waals surface area contributed by atoms with Crippen molar-refractivity contribution in [3.63, 3.8) is 0 Å². The van der Waals surface area contributed by atoms with Crippen molar-refractivity contribution in [3.8, 4) is 0 Å². The molecule has 0 heterocycles. The van der Waals surface area contributed by atoms with Gasteiger partial charge in [0.1, 0.15) is 12.2 Å². The van der Waals surface area contributed by atoms with Crippen LogP contribution in [0.15, 0.2) is 0 Å². The molecule has 5 unspecified atom stereocenters. The largest absolute Gasteiger partial charge is 0.465 e. The zero-order chi connectivity index (χ0) is 22.3. The molecule has 3 rings (SSSR count). The third-order valence-electron chi connectivity index (χ3n) is 8.35. The Hall–Kier alpha value is -1.06. The summed E-state index contributed by atoms with van der Waals surface area (Å²) in [6, 6.07) is 0. The van der Waals surface area contributed by atoms with E-state index in [1.807, 2.05) is 0 Å². The maximum absolute atomic E-state index is 12.9. The number of esters is 2. The van der Waals surface area contributed by atoms with Crippen LogP contribution in [0.25, 0.3) is 0 Å². The van der Waals surface area contributed by atoms with Crippen molar-refractivity contribution < 1.29 is 19.1 Å². The van der Waals surface area contributed by atoms with Crippen LogP contribution in [-0.4, -0.2) is 24.1 Å². The molecule has 0 radical (unpaired) electrons. The minimum absolute atomic E-state index is 0.00865. The lowest BCUT2D eigenvalue weighted by molar-refractivity contribution is -0.163. The van der Waals surface area contributed by atoms with E-state index in [9.17, 15) is 9.59 Å². The van der Waals surface area contributed by atoms with E-state index < -0.39 is 0 Å². The Labute approximate surface area is 183 Å². The molecule has 0 aromatic heterocycles. The van der Waals surface area contributed by atoms with E-state index in [1.165, 1.54) is 0 Å². The monoisotopic (exact) mass is 420 g/mol. The maximum Gasteiger partial charge on any atom is 0.309 e. The number of carbonyl (C=O) groups excluding carboxylic acids is 2. The summed E-state index contributed by atoms with van der Waals surface area (Å²) >= 11 is 0. The number of fused-ring (bicyclic) bond motifs is 2. The topological polar surface area (TPSA) is 52.6 Å². The molecule has 0 N–H and O–H groups in total. The van der Waals surface area contributed by atoms with Crippen LogP contribution in [0.5, 0.6) is 0 Å². The zero-order valence-corrected chi connectivity index (χ0v) is 20.4. The molecule has 5 atom stereocenters. The molecule has 0 aromatic rings. The van der Waals surface area contributed by atoms with E-state index in [-0.39, 0.29) is 47.3 Å². The summed E-state index contributed by atoms with van der Waals surface area (Å²) in [5, 5.41) is 0. The number of hydrogen-bond donors (Lipinski definition) is 0. The number of ether oxygens (including phenoxy) is 2. The van der Waals surface area contributed by atoms with Gasteiger partial charge in [-0.2, -0.15) is 0 Å². The summed E-state index contributed by atoms with van der Waals surface area (Å²) in [5.74, 6) is 1.87. The average Bonchev–Trinajstić information content (AvgIpc) is 3.34. The van der Waals surface area contributed by atoms with Crippen LogP contribution in [0.1, 0.15) is 99.8 Å². The first-order valence-corrected chi connectivity index (χ1v) is 12.3. The molecule has 0 amide bonds. The number of hydrogen-bond acceptors (Lipinski definition) is 4. The lowest BCUT2D eigenvalue weighted by Gasteiger charge is -2.48. The van der Waals surface area contributed by atoms with Crippen LogP contribution in [-0.2, 0) is 19.1 Å². The minimum atomic E-state index is -0.270. The van der Waals surface area contributed by atoms with E-state index >= 15 is 0 Å². The Bertz CT molecular complexity index is 632. The molecule has 3 saturated carbocycles. The molecular formula is C26H44O4. The van der Waals surface area contributed by atoms with Gasteiger partial charge in [-0.3, -0.25) is 9.59 Å². The number of rotatable bonds is 6. The Morgan fingerprint density at radius 2 is 1.53 bits per heavy atom. The van der Waals surface area contributed by atoms with E-state index in [4.69, 9.17) is 9.47 Å². The minimum Gasteiger partial charge on any atom is -0.465 e. The van der Waals surface area contributed by atoms with Gasteiger partial charge in [0.15, 0.2) is 0 Å². The van der Waals surface area contributed by atoms with Gasteiger partial charge in [-0.25, -0.2) is 0 Å². The van der Waals surface area contributed by atoms with Gasteiger partial charge in [-0.1, -0.05) is 48.5 Å². The smallest absolute Gasteiger partial charge is 0.309 e. The molecule has 0 saturated heterocycles. The second kappa shape index (κ2) is 8.47. The molecule has 0 spiro atoms. The van der Waals surface area contributed by atoms with Crippen LogP contribution in [0, 0.1) is 40.4 Å². The highest BCUT2D eigenvalue weighted by Crippen LogP contribution is 2.64. The summed E-state index contributed by atoms with van der Waals surface area (Å²) in [5.41, 5.74) is 0.162. The van der Waals surface area contributed by atoms with Gasteiger partial charge in [0.05, 0.1) is 12.3 Å². The third kappa shape index (κ3) is 4.72. The van der Waals surface area contributed by atoms with Gasteiger partial charge in [-0.15, -0.1) is 0 Å². The summed E-state index contributed by atoms with van der Waals surface area (Å²) in [6.45, 7) is 16.3. The van der Waals surface area contributed by atoms with Crippen molar-refractivity contribution >= 4 is 11.9 Å². The molecule has 4 heteroatoms. The Morgan fingerprint density at radius 3 is 2.07 bits per heavy atom. The average molecular weight is 421 g/mol. The molecule has 0 aromatic carbocycles. The van der Waals surface area contributed by atoms with E-state index in [1.54, 1.807) is 0 Å². The first-order chi connectivity index (χ1) is 13.9. The molecule has 2 bridgehead atoms. The summed E-state index contributed by atoms with van der Waals surface area (Å²) in [4.78, 5) is 25.3. The van der Waals surface area contributed by atoms with Crippen LogP contribution >= 0.6 is 0 Å². The Balaban J connectivity index is 1.54. The summed E-state index contributed by atoms with van der Waals surface area (Å²) < 4.78 is 11.4. The molecule has 3 fully saturated rings. The number of carbonyl (C=O) groups is 2. The fourth-order valence-electron chi connectivity index (χ4n) is 7.24. The highest BCUT2D eigenvalue weighted by Gasteiger charge is 2.60. The standard InChI is InChI=1S/C26H44O4/c1-8-26(12-9-10-13-26)30-20(27)11-14-29-23(28)19-16-17-15-18(19)22(25(5,6)7)21(17)24(2,3)4/h17-19,21-22H,8-16H2,1-7H3. The molecule has 3 aliphatic rings. The van der Waals surface area contributed by atoms with Gasteiger partial charge in [0, 0.05) is 0 Å². The molecule has 172 valence electrons. The SMILES string of the molecule is CCC1(OC(=O)CCOC(=O)C2CC3CC2C(C(C)(C)C)C3C(C)(C)C)CCCC1. The van der Waals surface area contributed by atoms with Crippen molar-refractivity contribution in [2.45, 2.75) is 105 Å². The van der Waals surface area contributed by atoms with Crippen molar-refractivity contribution in [1.29, 1.82) is 0 Å². The highest BCUT2D eigenvalue weighted by atomic mass is 16.6. The van der Waals surface area contributed by atoms with E-state index in [0.717, 1.165) is 44.9 Å². The summed E-state index contributed by atoms with van der Waals surface area (Å²) in [7, 11) is 0. The Kier molecular flexibility index (Phi) is 6.66. The van der Waals surface area contributed by atoms with Gasteiger partial charge in [0.25, 0.3) is 0 Å². The molecule has 30 heavy (non-hydrogen) atoms. The van der Waals surface area contributed by atoms with E-state index in [0.29, 0.717) is 23.7 Å².